The first kappa shape index (κ1) is 14.5. The van der Waals surface area contributed by atoms with E-state index in [1.807, 2.05) is 0 Å². The lowest BCUT2D eigenvalue weighted by Gasteiger charge is -2.08. The Morgan fingerprint density at radius 1 is 1.10 bits per heavy atom. The first-order valence-corrected chi connectivity index (χ1v) is 7.16. The topological polar surface area (TPSA) is 72.0 Å². The van der Waals surface area contributed by atoms with Crippen LogP contribution in [0.2, 0.25) is 0 Å². The lowest BCUT2D eigenvalue weighted by atomic mass is 10.2. The average Bonchev–Trinajstić information content (AvgIpc) is 2.39. The number of rotatable bonds is 5. The molecule has 0 spiro atoms. The predicted octanol–water partition coefficient (Wildman–Crippen LogP) is 1.28. The van der Waals surface area contributed by atoms with Gasteiger partial charge in [-0.3, -0.25) is 0 Å². The van der Waals surface area contributed by atoms with Gasteiger partial charge in [-0.15, -0.1) is 0 Å². The summed E-state index contributed by atoms with van der Waals surface area (Å²) in [6, 6.07) is 2.89. The number of hydrogen-bond donors (Lipinski definition) is 1. The van der Waals surface area contributed by atoms with Crippen molar-refractivity contribution >= 4 is 10.0 Å². The molecule has 0 unspecified atom stereocenters. The van der Waals surface area contributed by atoms with E-state index in [1.54, 1.807) is 0 Å². The van der Waals surface area contributed by atoms with Crippen LogP contribution in [-0.4, -0.2) is 24.9 Å². The van der Waals surface area contributed by atoms with Gasteiger partial charge in [0.15, 0.2) is 4.90 Å². The van der Waals surface area contributed by atoms with Gasteiger partial charge in [-0.2, -0.15) is 0 Å². The Bertz CT molecular complexity index is 673. The quantitative estimate of drug-likeness (QED) is 0.902. The molecule has 5 nitrogen and oxygen atoms in total. The third-order valence-corrected chi connectivity index (χ3v) is 4.02. The van der Waals surface area contributed by atoms with Crippen molar-refractivity contribution in [3.05, 3.63) is 54.1 Å². The van der Waals surface area contributed by atoms with E-state index < -0.39 is 26.6 Å². The Morgan fingerprint density at radius 2 is 1.70 bits per heavy atom. The molecule has 0 aliphatic heterocycles. The molecule has 0 bridgehead atoms. The van der Waals surface area contributed by atoms with Gasteiger partial charge in [0.25, 0.3) is 0 Å². The molecule has 2 rings (SSSR count). The van der Waals surface area contributed by atoms with Crippen molar-refractivity contribution in [2.45, 2.75) is 11.3 Å². The van der Waals surface area contributed by atoms with E-state index in [-0.39, 0.29) is 6.54 Å². The van der Waals surface area contributed by atoms with Gasteiger partial charge in [-0.25, -0.2) is 31.9 Å². The molecular formula is C12H11F2N3O2S. The Balaban J connectivity index is 2.09. The zero-order chi connectivity index (χ0) is 14.6. The first-order chi connectivity index (χ1) is 9.50. The summed E-state index contributed by atoms with van der Waals surface area (Å²) >= 11 is 0. The summed E-state index contributed by atoms with van der Waals surface area (Å²) in [5, 5.41) is 0. The molecule has 0 atom stereocenters. The minimum absolute atomic E-state index is 0.0104. The summed E-state index contributed by atoms with van der Waals surface area (Å²) in [5.74, 6) is -2.25. The highest BCUT2D eigenvalue weighted by atomic mass is 32.2. The Morgan fingerprint density at radius 3 is 2.30 bits per heavy atom. The van der Waals surface area contributed by atoms with Crippen molar-refractivity contribution in [3.63, 3.8) is 0 Å². The van der Waals surface area contributed by atoms with Crippen molar-refractivity contribution in [2.24, 2.45) is 0 Å². The van der Waals surface area contributed by atoms with Gasteiger partial charge < -0.3 is 0 Å². The van der Waals surface area contributed by atoms with Crippen LogP contribution >= 0.6 is 0 Å². The highest BCUT2D eigenvalue weighted by Gasteiger charge is 2.23. The third-order valence-electron chi connectivity index (χ3n) is 2.51. The van der Waals surface area contributed by atoms with Crippen LogP contribution in [0.1, 0.15) is 5.56 Å². The summed E-state index contributed by atoms with van der Waals surface area (Å²) in [4.78, 5) is 6.59. The Kier molecular flexibility index (Phi) is 4.35. The van der Waals surface area contributed by atoms with E-state index in [4.69, 9.17) is 0 Å². The Labute approximate surface area is 114 Å². The van der Waals surface area contributed by atoms with Gasteiger partial charge in [0.05, 0.1) is 0 Å². The molecule has 106 valence electrons. The SMILES string of the molecule is O=S(=O)(NCCc1cncnc1)c1c(F)cccc1F. The highest BCUT2D eigenvalue weighted by Crippen LogP contribution is 2.17. The minimum atomic E-state index is -4.23. The molecule has 1 aromatic heterocycles. The predicted molar refractivity (Wildman–Crippen MR) is 67.3 cm³/mol. The second-order valence-corrected chi connectivity index (χ2v) is 5.65. The number of nitrogens with zero attached hydrogens (tertiary/aromatic N) is 2. The van der Waals surface area contributed by atoms with E-state index in [1.165, 1.54) is 18.7 Å². The number of aromatic nitrogens is 2. The second-order valence-electron chi connectivity index (χ2n) is 3.95. The van der Waals surface area contributed by atoms with Crippen LogP contribution in [0.4, 0.5) is 8.78 Å². The van der Waals surface area contributed by atoms with Crippen LogP contribution in [0.25, 0.3) is 0 Å². The maximum Gasteiger partial charge on any atom is 0.246 e. The monoisotopic (exact) mass is 299 g/mol. The Hall–Kier alpha value is -1.93. The largest absolute Gasteiger partial charge is 0.246 e. The number of nitrogens with one attached hydrogen (secondary N) is 1. The molecule has 0 saturated carbocycles. The molecule has 0 amide bonds. The van der Waals surface area contributed by atoms with Crippen LogP contribution in [0, 0.1) is 11.6 Å². The van der Waals surface area contributed by atoms with Crippen molar-refractivity contribution < 1.29 is 17.2 Å². The lowest BCUT2D eigenvalue weighted by molar-refractivity contribution is 0.514. The fraction of sp³-hybridized carbons (Fsp3) is 0.167. The van der Waals surface area contributed by atoms with E-state index in [2.05, 4.69) is 14.7 Å². The van der Waals surface area contributed by atoms with E-state index in [0.717, 1.165) is 18.2 Å². The number of hydrogen-bond acceptors (Lipinski definition) is 4. The number of halogens is 2. The summed E-state index contributed by atoms with van der Waals surface area (Å²) < 4.78 is 52.7. The molecule has 1 N–H and O–H groups in total. The van der Waals surface area contributed by atoms with Crippen molar-refractivity contribution in [2.75, 3.05) is 6.54 Å². The first-order valence-electron chi connectivity index (χ1n) is 5.68. The molecule has 20 heavy (non-hydrogen) atoms. The summed E-state index contributed by atoms with van der Waals surface area (Å²) in [5.41, 5.74) is 0.712. The molecule has 0 aliphatic carbocycles. The fourth-order valence-corrected chi connectivity index (χ4v) is 2.76. The second kappa shape index (κ2) is 6.02. The average molecular weight is 299 g/mol. The van der Waals surface area contributed by atoms with Gasteiger partial charge in [0.2, 0.25) is 10.0 Å². The zero-order valence-electron chi connectivity index (χ0n) is 10.3. The molecule has 1 heterocycles. The summed E-state index contributed by atoms with van der Waals surface area (Å²) in [7, 11) is -4.23. The highest BCUT2D eigenvalue weighted by molar-refractivity contribution is 7.89. The fourth-order valence-electron chi connectivity index (χ4n) is 1.60. The lowest BCUT2D eigenvalue weighted by Crippen LogP contribution is -2.27. The number of sulfonamides is 1. The van der Waals surface area contributed by atoms with Gasteiger partial charge in [-0.1, -0.05) is 6.07 Å². The summed E-state index contributed by atoms with van der Waals surface area (Å²) in [6.07, 6.45) is 4.73. The van der Waals surface area contributed by atoms with Crippen molar-refractivity contribution in [1.82, 2.24) is 14.7 Å². The van der Waals surface area contributed by atoms with Gasteiger partial charge >= 0.3 is 0 Å². The normalized spacial score (nSPS) is 11.5. The van der Waals surface area contributed by atoms with E-state index in [0.29, 0.717) is 12.0 Å². The van der Waals surface area contributed by atoms with E-state index >= 15 is 0 Å². The zero-order valence-corrected chi connectivity index (χ0v) is 11.1. The molecule has 0 fully saturated rings. The molecule has 0 radical (unpaired) electrons. The molecule has 2 aromatic rings. The minimum Gasteiger partial charge on any atom is -0.245 e. The van der Waals surface area contributed by atoms with E-state index in [9.17, 15) is 17.2 Å². The van der Waals surface area contributed by atoms with Crippen LogP contribution in [0.15, 0.2) is 41.8 Å². The maximum absolute atomic E-state index is 13.4. The summed E-state index contributed by atoms with van der Waals surface area (Å²) in [6.45, 7) is -0.0104. The molecule has 0 saturated heterocycles. The molecular weight excluding hydrogens is 288 g/mol. The van der Waals surface area contributed by atoms with Gasteiger partial charge in [-0.05, 0) is 24.1 Å². The number of benzene rings is 1. The smallest absolute Gasteiger partial charge is 0.245 e. The van der Waals surface area contributed by atoms with Crippen molar-refractivity contribution in [3.8, 4) is 0 Å². The van der Waals surface area contributed by atoms with Crippen LogP contribution in [-0.2, 0) is 16.4 Å². The van der Waals surface area contributed by atoms with Crippen molar-refractivity contribution in [1.29, 1.82) is 0 Å². The van der Waals surface area contributed by atoms with Crippen LogP contribution in [0.5, 0.6) is 0 Å². The molecule has 1 aromatic carbocycles. The molecule has 0 aliphatic rings. The maximum atomic E-state index is 13.4. The van der Waals surface area contributed by atoms with Gasteiger partial charge in [0.1, 0.15) is 18.0 Å². The third kappa shape index (κ3) is 3.34. The van der Waals surface area contributed by atoms with Crippen LogP contribution in [0.3, 0.4) is 0 Å². The van der Waals surface area contributed by atoms with Crippen LogP contribution < -0.4 is 4.72 Å². The molecule has 8 heteroatoms. The van der Waals surface area contributed by atoms with Gasteiger partial charge in [0, 0.05) is 18.9 Å². The standard InChI is InChI=1S/C12H11F2N3O2S/c13-10-2-1-3-11(14)12(10)20(18,19)17-5-4-9-6-15-8-16-7-9/h1-3,6-8,17H,4-5H2.